The Balaban J connectivity index is 2.34. The smallest absolute Gasteiger partial charge is 0.0226 e. The molecule has 104 valence electrons. The summed E-state index contributed by atoms with van der Waals surface area (Å²) in [6.07, 6.45) is 4.89. The van der Waals surface area contributed by atoms with Crippen molar-refractivity contribution in [2.75, 3.05) is 0 Å². The topological polar surface area (TPSA) is 0 Å². The van der Waals surface area contributed by atoms with Crippen LogP contribution in [0.3, 0.4) is 0 Å². The number of hydrogen-bond donors (Lipinski definition) is 0. The molecule has 20 heavy (non-hydrogen) atoms. The van der Waals surface area contributed by atoms with Crippen LogP contribution < -0.4 is 0 Å². The van der Waals surface area contributed by atoms with Crippen molar-refractivity contribution < 1.29 is 0 Å². The van der Waals surface area contributed by atoms with Gasteiger partial charge in [-0.05, 0) is 41.2 Å². The molecule has 0 saturated heterocycles. The van der Waals surface area contributed by atoms with Gasteiger partial charge in [-0.1, -0.05) is 79.0 Å². The van der Waals surface area contributed by atoms with Gasteiger partial charge in [-0.15, -0.1) is 0 Å². The van der Waals surface area contributed by atoms with Crippen LogP contribution in [0.1, 0.15) is 50.7 Å². The molecule has 0 saturated carbocycles. The summed E-state index contributed by atoms with van der Waals surface area (Å²) < 4.78 is 1.27. The molecule has 2 aromatic carbocycles. The third-order valence-corrected chi connectivity index (χ3v) is 5.24. The lowest BCUT2D eigenvalue weighted by molar-refractivity contribution is 0.434. The van der Waals surface area contributed by atoms with E-state index in [1.807, 2.05) is 0 Å². The molecule has 1 heteroatoms. The van der Waals surface area contributed by atoms with Crippen LogP contribution >= 0.6 is 15.9 Å². The summed E-state index contributed by atoms with van der Waals surface area (Å²) in [4.78, 5) is 0. The molecule has 0 heterocycles. The van der Waals surface area contributed by atoms with Crippen LogP contribution in [0.25, 0.3) is 11.1 Å². The molecule has 0 spiro atoms. The maximum atomic E-state index is 3.82. The minimum absolute atomic E-state index is 0.204. The van der Waals surface area contributed by atoms with E-state index in [0.717, 1.165) is 0 Å². The van der Waals surface area contributed by atoms with Gasteiger partial charge in [0.15, 0.2) is 0 Å². The van der Waals surface area contributed by atoms with E-state index < -0.39 is 0 Å². The normalized spacial score (nSPS) is 14.9. The van der Waals surface area contributed by atoms with Crippen LogP contribution in [-0.4, -0.2) is 0 Å². The minimum atomic E-state index is 0.204. The van der Waals surface area contributed by atoms with Crippen molar-refractivity contribution in [3.63, 3.8) is 0 Å². The molecule has 0 aliphatic heterocycles. The molecule has 0 atom stereocenters. The number of rotatable bonds is 4. The maximum Gasteiger partial charge on any atom is 0.0226 e. The van der Waals surface area contributed by atoms with E-state index >= 15 is 0 Å². The minimum Gasteiger partial charge on any atom is -0.0653 e. The van der Waals surface area contributed by atoms with Crippen LogP contribution in [0.2, 0.25) is 0 Å². The number of halogens is 1. The van der Waals surface area contributed by atoms with Crippen LogP contribution in [0.15, 0.2) is 46.9 Å². The fourth-order valence-electron chi connectivity index (χ4n) is 4.00. The van der Waals surface area contributed by atoms with Gasteiger partial charge in [-0.3, -0.25) is 0 Å². The van der Waals surface area contributed by atoms with E-state index in [4.69, 9.17) is 0 Å². The maximum absolute atomic E-state index is 3.82. The summed E-state index contributed by atoms with van der Waals surface area (Å²) >= 11 is 3.82. The molecule has 0 unspecified atom stereocenters. The van der Waals surface area contributed by atoms with E-state index in [1.54, 1.807) is 0 Å². The largest absolute Gasteiger partial charge is 0.0653 e. The molecule has 1 aliphatic carbocycles. The van der Waals surface area contributed by atoms with Gasteiger partial charge < -0.3 is 0 Å². The van der Waals surface area contributed by atoms with Crippen LogP contribution in [0, 0.1) is 0 Å². The van der Waals surface area contributed by atoms with Crippen molar-refractivity contribution in [3.05, 3.63) is 58.1 Å². The zero-order chi connectivity index (χ0) is 14.2. The van der Waals surface area contributed by atoms with E-state index in [2.05, 4.69) is 72.2 Å². The third-order valence-electron chi connectivity index (χ3n) is 4.58. The van der Waals surface area contributed by atoms with Crippen LogP contribution in [-0.2, 0) is 5.41 Å². The monoisotopic (exact) mass is 328 g/mol. The average molecular weight is 329 g/mol. The first-order valence-electron chi connectivity index (χ1n) is 7.63. The number of fused-ring (bicyclic) bond motifs is 3. The zero-order valence-corrected chi connectivity index (χ0v) is 13.8. The van der Waals surface area contributed by atoms with Gasteiger partial charge in [0, 0.05) is 9.89 Å². The molecule has 0 bridgehead atoms. The molecule has 2 aromatic rings. The molecule has 0 radical (unpaired) electrons. The summed E-state index contributed by atoms with van der Waals surface area (Å²) in [6.45, 7) is 4.60. The van der Waals surface area contributed by atoms with E-state index in [9.17, 15) is 0 Å². The lowest BCUT2D eigenvalue weighted by atomic mass is 9.71. The van der Waals surface area contributed by atoms with Gasteiger partial charge in [0.2, 0.25) is 0 Å². The Morgan fingerprint density at radius 1 is 0.850 bits per heavy atom. The quantitative estimate of drug-likeness (QED) is 0.616. The number of benzene rings is 2. The number of hydrogen-bond acceptors (Lipinski definition) is 0. The second-order valence-corrected chi connectivity index (χ2v) is 6.64. The first-order valence-corrected chi connectivity index (χ1v) is 8.42. The molecule has 0 fully saturated rings. The summed E-state index contributed by atoms with van der Waals surface area (Å²) in [7, 11) is 0. The first-order chi connectivity index (χ1) is 9.74. The fraction of sp³-hybridized carbons (Fsp3) is 0.368. The van der Waals surface area contributed by atoms with Gasteiger partial charge in [0.1, 0.15) is 0 Å². The van der Waals surface area contributed by atoms with Crippen LogP contribution in [0.5, 0.6) is 0 Å². The SMILES string of the molecule is CCCC1(CCC)c2ccccc2-c2cccc(Br)c21. The molecule has 0 N–H and O–H groups in total. The van der Waals surface area contributed by atoms with E-state index in [0.29, 0.717) is 0 Å². The molecule has 1 aliphatic rings. The highest BCUT2D eigenvalue weighted by Gasteiger charge is 2.42. The molecule has 3 rings (SSSR count). The summed E-state index contributed by atoms with van der Waals surface area (Å²) in [5.74, 6) is 0. The van der Waals surface area contributed by atoms with Gasteiger partial charge in [-0.25, -0.2) is 0 Å². The molecule has 0 nitrogen and oxygen atoms in total. The Hall–Kier alpha value is -1.08. The predicted molar refractivity (Wildman–Crippen MR) is 90.2 cm³/mol. The van der Waals surface area contributed by atoms with Gasteiger partial charge in [0.25, 0.3) is 0 Å². The third kappa shape index (κ3) is 1.87. The Morgan fingerprint density at radius 3 is 2.20 bits per heavy atom. The molecular formula is C19H21Br. The lowest BCUT2D eigenvalue weighted by Crippen LogP contribution is -2.25. The van der Waals surface area contributed by atoms with E-state index in [1.165, 1.54) is 52.4 Å². The highest BCUT2D eigenvalue weighted by Crippen LogP contribution is 2.55. The van der Waals surface area contributed by atoms with Crippen molar-refractivity contribution in [2.45, 2.75) is 44.9 Å². The van der Waals surface area contributed by atoms with Gasteiger partial charge in [0.05, 0.1) is 0 Å². The second-order valence-electron chi connectivity index (χ2n) is 5.79. The van der Waals surface area contributed by atoms with Crippen molar-refractivity contribution in [1.82, 2.24) is 0 Å². The Kier molecular flexibility index (Phi) is 3.72. The summed E-state index contributed by atoms with van der Waals surface area (Å²) in [5.41, 5.74) is 6.12. The van der Waals surface area contributed by atoms with Gasteiger partial charge in [-0.2, -0.15) is 0 Å². The molecular weight excluding hydrogens is 308 g/mol. The van der Waals surface area contributed by atoms with Crippen molar-refractivity contribution >= 4 is 15.9 Å². The van der Waals surface area contributed by atoms with Crippen molar-refractivity contribution in [3.8, 4) is 11.1 Å². The van der Waals surface area contributed by atoms with Crippen LogP contribution in [0.4, 0.5) is 0 Å². The Morgan fingerprint density at radius 2 is 1.50 bits per heavy atom. The standard InChI is InChI=1S/C19H21Br/c1-3-12-19(13-4-2)16-10-6-5-8-14(16)15-9-7-11-17(20)18(15)19/h5-11H,3-4,12-13H2,1-2H3. The Labute approximate surface area is 130 Å². The molecule has 0 aromatic heterocycles. The van der Waals surface area contributed by atoms with Gasteiger partial charge >= 0.3 is 0 Å². The highest BCUT2D eigenvalue weighted by molar-refractivity contribution is 9.10. The average Bonchev–Trinajstić information content (AvgIpc) is 2.73. The van der Waals surface area contributed by atoms with E-state index in [-0.39, 0.29) is 5.41 Å². The van der Waals surface area contributed by atoms with Crippen molar-refractivity contribution in [2.24, 2.45) is 0 Å². The lowest BCUT2D eigenvalue weighted by Gasteiger charge is -2.32. The molecule has 0 amide bonds. The highest BCUT2D eigenvalue weighted by atomic mass is 79.9. The summed E-state index contributed by atoms with van der Waals surface area (Å²) in [5, 5.41) is 0. The second kappa shape index (κ2) is 5.37. The predicted octanol–water partition coefficient (Wildman–Crippen LogP) is 6.32. The summed E-state index contributed by atoms with van der Waals surface area (Å²) in [6, 6.07) is 15.6. The first kappa shape index (κ1) is 13.9. The Bertz CT molecular complexity index is 621. The fourth-order valence-corrected chi connectivity index (χ4v) is 4.75. The zero-order valence-electron chi connectivity index (χ0n) is 12.2. The van der Waals surface area contributed by atoms with Crippen molar-refractivity contribution in [1.29, 1.82) is 0 Å².